The van der Waals surface area contributed by atoms with E-state index in [9.17, 15) is 4.79 Å². The van der Waals surface area contributed by atoms with E-state index in [0.29, 0.717) is 18.8 Å². The molecule has 1 aromatic rings. The first-order chi connectivity index (χ1) is 22.8. The highest BCUT2D eigenvalue weighted by atomic mass is 16.5. The minimum absolute atomic E-state index is 0.650. The van der Waals surface area contributed by atoms with Crippen LogP contribution in [0.4, 0.5) is 0 Å². The van der Waals surface area contributed by atoms with E-state index in [2.05, 4.69) is 13.8 Å². The second-order valence-corrected chi connectivity index (χ2v) is 14.1. The average molecular weight is 643 g/mol. The van der Waals surface area contributed by atoms with Gasteiger partial charge in [0.05, 0.1) is 13.2 Å². The summed E-state index contributed by atoms with van der Waals surface area (Å²) in [7, 11) is 0. The van der Waals surface area contributed by atoms with Crippen molar-refractivity contribution in [2.45, 2.75) is 219 Å². The van der Waals surface area contributed by atoms with Crippen molar-refractivity contribution < 1.29 is 14.3 Å². The predicted octanol–water partition coefficient (Wildman–Crippen LogP) is 14.8. The van der Waals surface area contributed by atoms with Gasteiger partial charge in [-0.25, -0.2) is 0 Å². The number of aldehydes is 1. The van der Waals surface area contributed by atoms with Crippen molar-refractivity contribution >= 4 is 6.29 Å². The summed E-state index contributed by atoms with van der Waals surface area (Å²) in [5.74, 6) is 1.50. The van der Waals surface area contributed by atoms with Crippen molar-refractivity contribution in [1.29, 1.82) is 0 Å². The Kier molecular flexibility index (Phi) is 32.2. The Hall–Kier alpha value is -1.51. The Morgan fingerprint density at radius 2 is 0.674 bits per heavy atom. The maximum Gasteiger partial charge on any atom is 0.161 e. The highest BCUT2D eigenvalue weighted by Crippen LogP contribution is 2.29. The van der Waals surface area contributed by atoms with Crippen LogP contribution in [0.15, 0.2) is 18.2 Å². The molecule has 1 aromatic carbocycles. The van der Waals surface area contributed by atoms with E-state index < -0.39 is 0 Å². The standard InChI is InChI=1S/C43H78O3/c1-3-5-7-9-11-13-15-17-19-21-23-25-27-29-31-33-37-45-42-36-35-41(40-44)39-43(42)46-38-34-32-30-28-26-24-22-20-18-16-14-12-10-8-6-4-2/h35-36,39-40H,3-34,37-38H2,1-2H3. The van der Waals surface area contributed by atoms with Crippen molar-refractivity contribution in [2.24, 2.45) is 0 Å². The molecule has 0 spiro atoms. The molecule has 0 atom stereocenters. The van der Waals surface area contributed by atoms with Gasteiger partial charge in [0.2, 0.25) is 0 Å². The number of ether oxygens (including phenoxy) is 2. The number of unbranched alkanes of at least 4 members (excludes halogenated alkanes) is 30. The Morgan fingerprint density at radius 3 is 0.978 bits per heavy atom. The second kappa shape index (κ2) is 34.8. The molecule has 3 nitrogen and oxygen atoms in total. The molecule has 0 radical (unpaired) electrons. The van der Waals surface area contributed by atoms with Crippen molar-refractivity contribution in [3.63, 3.8) is 0 Å². The molecule has 0 fully saturated rings. The van der Waals surface area contributed by atoms with E-state index >= 15 is 0 Å². The monoisotopic (exact) mass is 643 g/mol. The van der Waals surface area contributed by atoms with E-state index in [1.165, 1.54) is 193 Å². The smallest absolute Gasteiger partial charge is 0.161 e. The van der Waals surface area contributed by atoms with E-state index in [-0.39, 0.29) is 0 Å². The summed E-state index contributed by atoms with van der Waals surface area (Å²) in [4.78, 5) is 11.3. The lowest BCUT2D eigenvalue weighted by Gasteiger charge is -2.13. The average Bonchev–Trinajstić information content (AvgIpc) is 3.07. The topological polar surface area (TPSA) is 35.5 Å². The third-order valence-corrected chi connectivity index (χ3v) is 9.61. The van der Waals surface area contributed by atoms with Crippen molar-refractivity contribution in [3.8, 4) is 11.5 Å². The molecule has 0 N–H and O–H groups in total. The van der Waals surface area contributed by atoms with Crippen LogP contribution in [0, 0.1) is 0 Å². The number of carbonyl (C=O) groups is 1. The number of rotatable bonds is 37. The molecule has 0 bridgehead atoms. The quantitative estimate of drug-likeness (QED) is 0.0535. The van der Waals surface area contributed by atoms with Crippen LogP contribution < -0.4 is 9.47 Å². The Bertz CT molecular complexity index is 760. The van der Waals surface area contributed by atoms with Crippen LogP contribution in [-0.2, 0) is 0 Å². The first kappa shape index (κ1) is 42.5. The van der Waals surface area contributed by atoms with Gasteiger partial charge in [-0.2, -0.15) is 0 Å². The molecular formula is C43H78O3. The summed E-state index contributed by atoms with van der Waals surface area (Å²) in [5, 5.41) is 0. The largest absolute Gasteiger partial charge is 0.490 e. The number of benzene rings is 1. The highest BCUT2D eigenvalue weighted by molar-refractivity contribution is 5.76. The fourth-order valence-corrected chi connectivity index (χ4v) is 6.49. The minimum atomic E-state index is 0.650. The van der Waals surface area contributed by atoms with Gasteiger partial charge in [0.15, 0.2) is 11.5 Å². The van der Waals surface area contributed by atoms with E-state index in [4.69, 9.17) is 9.47 Å². The maximum atomic E-state index is 11.3. The molecule has 0 saturated heterocycles. The first-order valence-corrected chi connectivity index (χ1v) is 20.7. The van der Waals surface area contributed by atoms with Gasteiger partial charge in [-0.3, -0.25) is 4.79 Å². The third kappa shape index (κ3) is 27.6. The lowest BCUT2D eigenvalue weighted by Crippen LogP contribution is -2.03. The van der Waals surface area contributed by atoms with Crippen molar-refractivity contribution in [3.05, 3.63) is 23.8 Å². The summed E-state index contributed by atoms with van der Waals surface area (Å²) in [5.41, 5.74) is 0.650. The van der Waals surface area contributed by atoms with Gasteiger partial charge in [0.1, 0.15) is 6.29 Å². The molecule has 0 amide bonds. The van der Waals surface area contributed by atoms with Gasteiger partial charge in [-0.15, -0.1) is 0 Å². The van der Waals surface area contributed by atoms with Crippen LogP contribution in [0.2, 0.25) is 0 Å². The molecule has 268 valence electrons. The number of hydrogen-bond donors (Lipinski definition) is 0. The molecule has 0 aromatic heterocycles. The Labute approximate surface area is 287 Å². The van der Waals surface area contributed by atoms with Crippen LogP contribution >= 0.6 is 0 Å². The Morgan fingerprint density at radius 1 is 0.391 bits per heavy atom. The fraction of sp³-hybridized carbons (Fsp3) is 0.837. The van der Waals surface area contributed by atoms with Gasteiger partial charge in [0.25, 0.3) is 0 Å². The van der Waals surface area contributed by atoms with Gasteiger partial charge in [-0.05, 0) is 31.0 Å². The number of carbonyl (C=O) groups excluding carboxylic acids is 1. The molecule has 0 unspecified atom stereocenters. The van der Waals surface area contributed by atoms with Crippen LogP contribution in [0.1, 0.15) is 230 Å². The lowest BCUT2D eigenvalue weighted by molar-refractivity contribution is 0.112. The third-order valence-electron chi connectivity index (χ3n) is 9.61. The summed E-state index contributed by atoms with van der Waals surface area (Å²) < 4.78 is 12.2. The molecule has 1 rings (SSSR count). The lowest BCUT2D eigenvalue weighted by atomic mass is 10.0. The van der Waals surface area contributed by atoms with Crippen LogP contribution in [-0.4, -0.2) is 19.5 Å². The van der Waals surface area contributed by atoms with Crippen LogP contribution in [0.5, 0.6) is 11.5 Å². The summed E-state index contributed by atoms with van der Waals surface area (Å²) in [6, 6.07) is 5.57. The molecule has 3 heteroatoms. The summed E-state index contributed by atoms with van der Waals surface area (Å²) >= 11 is 0. The zero-order valence-electron chi connectivity index (χ0n) is 31.1. The van der Waals surface area contributed by atoms with Crippen LogP contribution in [0.25, 0.3) is 0 Å². The zero-order chi connectivity index (χ0) is 33.0. The molecular weight excluding hydrogens is 564 g/mol. The van der Waals surface area contributed by atoms with E-state index in [1.54, 1.807) is 0 Å². The van der Waals surface area contributed by atoms with Gasteiger partial charge in [0, 0.05) is 5.56 Å². The number of hydrogen-bond acceptors (Lipinski definition) is 3. The molecule has 0 heterocycles. The fourth-order valence-electron chi connectivity index (χ4n) is 6.49. The van der Waals surface area contributed by atoms with Gasteiger partial charge in [-0.1, -0.05) is 206 Å². The molecule has 0 aliphatic carbocycles. The van der Waals surface area contributed by atoms with Gasteiger partial charge < -0.3 is 9.47 Å². The highest BCUT2D eigenvalue weighted by Gasteiger charge is 2.07. The van der Waals surface area contributed by atoms with E-state index in [0.717, 1.165) is 30.6 Å². The first-order valence-electron chi connectivity index (χ1n) is 20.7. The van der Waals surface area contributed by atoms with Crippen molar-refractivity contribution in [2.75, 3.05) is 13.2 Å². The SMILES string of the molecule is CCCCCCCCCCCCCCCCCCOc1ccc(C=O)cc1OCCCCCCCCCCCCCCCCCC. The predicted molar refractivity (Wildman–Crippen MR) is 202 cm³/mol. The normalized spacial score (nSPS) is 11.3. The van der Waals surface area contributed by atoms with Crippen LogP contribution in [0.3, 0.4) is 0 Å². The zero-order valence-corrected chi connectivity index (χ0v) is 31.1. The molecule has 0 saturated carbocycles. The van der Waals surface area contributed by atoms with Gasteiger partial charge >= 0.3 is 0 Å². The maximum absolute atomic E-state index is 11.3. The molecule has 0 aliphatic heterocycles. The minimum Gasteiger partial charge on any atom is -0.490 e. The van der Waals surface area contributed by atoms with E-state index in [1.807, 2.05) is 18.2 Å². The van der Waals surface area contributed by atoms with Crippen molar-refractivity contribution in [1.82, 2.24) is 0 Å². The summed E-state index contributed by atoms with van der Waals surface area (Å²) in [6.07, 6.45) is 44.8. The Balaban J connectivity index is 1.98. The summed E-state index contributed by atoms with van der Waals surface area (Å²) in [6.45, 7) is 5.99. The molecule has 46 heavy (non-hydrogen) atoms. The second-order valence-electron chi connectivity index (χ2n) is 14.1. The molecule has 0 aliphatic rings.